The summed E-state index contributed by atoms with van der Waals surface area (Å²) in [5, 5.41) is 12.6. The monoisotopic (exact) mass is 374 g/mol. The molecule has 0 radical (unpaired) electrons. The van der Waals surface area contributed by atoms with E-state index in [1.165, 1.54) is 18.3 Å². The number of hydrogen-bond acceptors (Lipinski definition) is 6. The van der Waals surface area contributed by atoms with Crippen molar-refractivity contribution in [2.45, 2.75) is 53.6 Å². The number of ketones is 1. The standard InChI is InChI=1S/C17H22N6O2S/c1-9(23-11(3)16(12(4)24)10(2)20-23)6-15(25)18-7-14-8-22-17(19-14)26-13(5)21-22/h8-9H,6-7H2,1-5H3,(H,18,25)/t9-/m1/s1. The van der Waals surface area contributed by atoms with Crippen molar-refractivity contribution in [1.82, 2.24) is 29.7 Å². The molecule has 26 heavy (non-hydrogen) atoms. The summed E-state index contributed by atoms with van der Waals surface area (Å²) >= 11 is 1.51. The Morgan fingerprint density at radius 3 is 2.62 bits per heavy atom. The lowest BCUT2D eigenvalue weighted by Crippen LogP contribution is -2.26. The number of aromatic nitrogens is 5. The van der Waals surface area contributed by atoms with Gasteiger partial charge in [0.25, 0.3) is 0 Å². The molecule has 1 N–H and O–H groups in total. The van der Waals surface area contributed by atoms with E-state index < -0.39 is 0 Å². The van der Waals surface area contributed by atoms with E-state index in [1.54, 1.807) is 9.20 Å². The van der Waals surface area contributed by atoms with Gasteiger partial charge in [0.15, 0.2) is 5.78 Å². The first kappa shape index (κ1) is 18.2. The molecule has 9 heteroatoms. The molecule has 8 nitrogen and oxygen atoms in total. The van der Waals surface area contributed by atoms with Crippen LogP contribution in [-0.4, -0.2) is 36.1 Å². The summed E-state index contributed by atoms with van der Waals surface area (Å²) in [6.45, 7) is 9.41. The Hall–Kier alpha value is -2.55. The summed E-state index contributed by atoms with van der Waals surface area (Å²) in [6, 6.07) is -0.142. The van der Waals surface area contributed by atoms with Gasteiger partial charge in [0.05, 0.1) is 35.7 Å². The predicted octanol–water partition coefficient (Wildman–Crippen LogP) is 2.38. The quantitative estimate of drug-likeness (QED) is 0.669. The van der Waals surface area contributed by atoms with Crippen LogP contribution in [0.4, 0.5) is 0 Å². The molecule has 0 aliphatic rings. The van der Waals surface area contributed by atoms with Gasteiger partial charge in [-0.05, 0) is 34.6 Å². The first-order valence-electron chi connectivity index (χ1n) is 8.41. The van der Waals surface area contributed by atoms with Gasteiger partial charge in [0.1, 0.15) is 5.01 Å². The molecule has 0 bridgehead atoms. The molecule has 3 aromatic rings. The van der Waals surface area contributed by atoms with Crippen LogP contribution in [0.3, 0.4) is 0 Å². The zero-order chi connectivity index (χ0) is 19.0. The fourth-order valence-corrected chi connectivity index (χ4v) is 3.89. The van der Waals surface area contributed by atoms with Crippen molar-refractivity contribution in [2.75, 3.05) is 0 Å². The smallest absolute Gasteiger partial charge is 0.222 e. The van der Waals surface area contributed by atoms with E-state index in [0.29, 0.717) is 17.8 Å². The molecule has 3 aromatic heterocycles. The number of fused-ring (bicyclic) bond motifs is 1. The number of hydrogen-bond donors (Lipinski definition) is 1. The average Bonchev–Trinajstić information content (AvgIpc) is 3.15. The third-order valence-electron chi connectivity index (χ3n) is 4.24. The van der Waals surface area contributed by atoms with Crippen LogP contribution in [-0.2, 0) is 11.3 Å². The zero-order valence-corrected chi connectivity index (χ0v) is 16.3. The summed E-state index contributed by atoms with van der Waals surface area (Å²) in [7, 11) is 0. The Balaban J connectivity index is 1.61. The highest BCUT2D eigenvalue weighted by molar-refractivity contribution is 7.16. The summed E-state index contributed by atoms with van der Waals surface area (Å²) in [5.74, 6) is -0.0959. The van der Waals surface area contributed by atoms with Crippen LogP contribution < -0.4 is 5.32 Å². The number of carbonyl (C=O) groups is 2. The van der Waals surface area contributed by atoms with Gasteiger partial charge < -0.3 is 5.32 Å². The normalized spacial score (nSPS) is 12.5. The van der Waals surface area contributed by atoms with E-state index in [9.17, 15) is 9.59 Å². The van der Waals surface area contributed by atoms with Crippen molar-refractivity contribution in [3.8, 4) is 0 Å². The molecule has 3 heterocycles. The molecule has 0 saturated heterocycles. The highest BCUT2D eigenvalue weighted by atomic mass is 32.1. The van der Waals surface area contributed by atoms with Crippen molar-refractivity contribution < 1.29 is 9.59 Å². The van der Waals surface area contributed by atoms with E-state index in [1.807, 2.05) is 33.9 Å². The number of Topliss-reactive ketones (excluding diaryl/α,β-unsaturated/α-hetero) is 1. The van der Waals surface area contributed by atoms with Crippen LogP contribution in [0.5, 0.6) is 0 Å². The van der Waals surface area contributed by atoms with Gasteiger partial charge in [0.2, 0.25) is 10.9 Å². The first-order chi connectivity index (χ1) is 12.3. The first-order valence-corrected chi connectivity index (χ1v) is 9.23. The van der Waals surface area contributed by atoms with Crippen molar-refractivity contribution in [2.24, 2.45) is 0 Å². The lowest BCUT2D eigenvalue weighted by atomic mass is 10.1. The minimum absolute atomic E-state index is 0.00787. The number of imidazole rings is 1. The van der Waals surface area contributed by atoms with Crippen molar-refractivity contribution in [3.05, 3.63) is 33.8 Å². The maximum Gasteiger partial charge on any atom is 0.222 e. The predicted molar refractivity (Wildman–Crippen MR) is 98.5 cm³/mol. The van der Waals surface area contributed by atoms with Gasteiger partial charge in [0, 0.05) is 12.1 Å². The van der Waals surface area contributed by atoms with Gasteiger partial charge >= 0.3 is 0 Å². The van der Waals surface area contributed by atoms with Crippen molar-refractivity contribution in [3.63, 3.8) is 0 Å². The minimum atomic E-state index is -0.142. The average molecular weight is 374 g/mol. The number of aryl methyl sites for hydroxylation is 2. The largest absolute Gasteiger partial charge is 0.350 e. The van der Waals surface area contributed by atoms with Crippen molar-refractivity contribution >= 4 is 28.0 Å². The van der Waals surface area contributed by atoms with E-state index in [0.717, 1.165) is 21.4 Å². The van der Waals surface area contributed by atoms with E-state index in [-0.39, 0.29) is 24.2 Å². The highest BCUT2D eigenvalue weighted by Gasteiger charge is 2.20. The maximum atomic E-state index is 12.3. The second-order valence-electron chi connectivity index (χ2n) is 6.46. The minimum Gasteiger partial charge on any atom is -0.350 e. The number of nitrogens with zero attached hydrogens (tertiary/aromatic N) is 5. The van der Waals surface area contributed by atoms with Crippen LogP contribution in [0.15, 0.2) is 6.20 Å². The third-order valence-corrected chi connectivity index (χ3v) is 5.07. The lowest BCUT2D eigenvalue weighted by Gasteiger charge is -2.14. The molecule has 0 unspecified atom stereocenters. The number of nitrogens with one attached hydrogen (secondary N) is 1. The summed E-state index contributed by atoms with van der Waals surface area (Å²) in [5.41, 5.74) is 2.90. The maximum absolute atomic E-state index is 12.3. The molecule has 0 aliphatic carbocycles. The number of rotatable bonds is 6. The molecule has 3 rings (SSSR count). The van der Waals surface area contributed by atoms with E-state index in [2.05, 4.69) is 20.5 Å². The van der Waals surface area contributed by atoms with Crippen LogP contribution in [0, 0.1) is 20.8 Å². The lowest BCUT2D eigenvalue weighted by molar-refractivity contribution is -0.122. The molecule has 0 fully saturated rings. The molecule has 0 spiro atoms. The van der Waals surface area contributed by atoms with Crippen molar-refractivity contribution in [1.29, 1.82) is 0 Å². The summed E-state index contributed by atoms with van der Waals surface area (Å²) in [4.78, 5) is 29.3. The van der Waals surface area contributed by atoms with Gasteiger partial charge in [-0.2, -0.15) is 10.2 Å². The molecule has 0 saturated carbocycles. The molecular formula is C17H22N6O2S. The molecule has 1 amide bonds. The van der Waals surface area contributed by atoms with E-state index in [4.69, 9.17) is 0 Å². The van der Waals surface area contributed by atoms with E-state index >= 15 is 0 Å². The fourth-order valence-electron chi connectivity index (χ4n) is 3.15. The second kappa shape index (κ2) is 6.99. The van der Waals surface area contributed by atoms with Gasteiger partial charge in [-0.15, -0.1) is 0 Å². The Kier molecular flexibility index (Phi) is 4.90. The van der Waals surface area contributed by atoms with Gasteiger partial charge in [-0.1, -0.05) is 11.3 Å². The fraction of sp³-hybridized carbons (Fsp3) is 0.471. The topological polar surface area (TPSA) is 94.2 Å². The van der Waals surface area contributed by atoms with Crippen LogP contribution in [0.25, 0.3) is 4.96 Å². The van der Waals surface area contributed by atoms with Crippen LogP contribution in [0.2, 0.25) is 0 Å². The van der Waals surface area contributed by atoms with Crippen LogP contribution in [0.1, 0.15) is 58.8 Å². The molecular weight excluding hydrogens is 352 g/mol. The Morgan fingerprint density at radius 1 is 1.27 bits per heavy atom. The third kappa shape index (κ3) is 3.52. The second-order valence-corrected chi connectivity index (χ2v) is 7.62. The molecule has 0 aliphatic heterocycles. The number of amides is 1. The zero-order valence-electron chi connectivity index (χ0n) is 15.5. The Bertz CT molecular complexity index is 952. The molecule has 0 aromatic carbocycles. The molecule has 138 valence electrons. The highest BCUT2D eigenvalue weighted by Crippen LogP contribution is 2.20. The summed E-state index contributed by atoms with van der Waals surface area (Å²) < 4.78 is 3.48. The Morgan fingerprint density at radius 2 is 2.00 bits per heavy atom. The number of carbonyl (C=O) groups excluding carboxylic acids is 2. The SMILES string of the molecule is CC(=O)c1c(C)nn([C@H](C)CC(=O)NCc2cn3nc(C)sc3n2)c1C. The Labute approximate surface area is 155 Å². The van der Waals surface area contributed by atoms with Gasteiger partial charge in [-0.25, -0.2) is 9.50 Å². The molecule has 1 atom stereocenters. The van der Waals surface area contributed by atoms with Gasteiger partial charge in [-0.3, -0.25) is 14.3 Å². The summed E-state index contributed by atoms with van der Waals surface area (Å²) in [6.07, 6.45) is 2.10. The van der Waals surface area contributed by atoms with Crippen LogP contribution >= 0.6 is 11.3 Å².